The first-order valence-electron chi connectivity index (χ1n) is 7.88. The predicted octanol–water partition coefficient (Wildman–Crippen LogP) is 1.66. The molecular weight excluding hydrogens is 316 g/mol. The molecule has 0 heterocycles. The minimum atomic E-state index is -3.65. The molecule has 0 bridgehead atoms. The van der Waals surface area contributed by atoms with Crippen LogP contribution in [-0.4, -0.2) is 34.1 Å². The van der Waals surface area contributed by atoms with Gasteiger partial charge in [0.25, 0.3) is 0 Å². The van der Waals surface area contributed by atoms with Crippen LogP contribution in [0.15, 0.2) is 29.2 Å². The molecule has 0 saturated heterocycles. The van der Waals surface area contributed by atoms with Gasteiger partial charge in [-0.3, -0.25) is 0 Å². The van der Waals surface area contributed by atoms with Crippen LogP contribution < -0.4 is 10.5 Å². The molecule has 0 spiro atoms. The van der Waals surface area contributed by atoms with Crippen LogP contribution in [0.3, 0.4) is 0 Å². The van der Waals surface area contributed by atoms with Crippen LogP contribution >= 0.6 is 0 Å². The molecule has 1 unspecified atom stereocenters. The minimum absolute atomic E-state index is 0.124. The lowest BCUT2D eigenvalue weighted by Gasteiger charge is -2.29. The number of rotatable bonds is 6. The van der Waals surface area contributed by atoms with E-state index in [9.17, 15) is 13.2 Å². The summed E-state index contributed by atoms with van der Waals surface area (Å²) >= 11 is 0. The van der Waals surface area contributed by atoms with E-state index >= 15 is 0 Å². The third kappa shape index (κ3) is 4.53. The van der Waals surface area contributed by atoms with Crippen molar-refractivity contribution in [1.29, 1.82) is 0 Å². The van der Waals surface area contributed by atoms with E-state index in [1.54, 1.807) is 0 Å². The molecule has 1 aliphatic rings. The minimum Gasteiger partial charge on any atom is -0.465 e. The summed E-state index contributed by atoms with van der Waals surface area (Å²) in [5.74, 6) is -0.207. The molecule has 128 valence electrons. The summed E-state index contributed by atoms with van der Waals surface area (Å²) in [4.78, 5) is 11.5. The van der Waals surface area contributed by atoms with Crippen molar-refractivity contribution in [3.63, 3.8) is 0 Å². The van der Waals surface area contributed by atoms with Crippen molar-refractivity contribution in [3.05, 3.63) is 29.8 Å². The van der Waals surface area contributed by atoms with Gasteiger partial charge in [-0.05, 0) is 43.0 Å². The van der Waals surface area contributed by atoms with Crippen molar-refractivity contribution in [1.82, 2.24) is 4.72 Å². The number of carbonyl (C=O) groups excluding carboxylic acids is 1. The Bertz CT molecular complexity index is 622. The molecular formula is C16H24N2O4S. The Labute approximate surface area is 137 Å². The maximum atomic E-state index is 12.5. The highest BCUT2D eigenvalue weighted by atomic mass is 32.2. The summed E-state index contributed by atoms with van der Waals surface area (Å²) < 4.78 is 32.3. The molecule has 0 amide bonds. The summed E-state index contributed by atoms with van der Waals surface area (Å²) in [5, 5.41) is 0. The Kier molecular flexibility index (Phi) is 6.15. The lowest BCUT2D eigenvalue weighted by molar-refractivity contribution is 0.0600. The Hall–Kier alpha value is -1.44. The number of hydrogen-bond acceptors (Lipinski definition) is 5. The SMILES string of the molecule is COC(=O)c1ccc(S(=O)(=O)NC(CN)C2CCCCC2)cc1. The number of ether oxygens (including phenoxy) is 1. The van der Waals surface area contributed by atoms with Crippen molar-refractivity contribution in [2.24, 2.45) is 11.7 Å². The second-order valence-corrected chi connectivity index (χ2v) is 7.59. The van der Waals surface area contributed by atoms with Crippen molar-refractivity contribution in [2.75, 3.05) is 13.7 Å². The Morgan fingerprint density at radius 3 is 2.39 bits per heavy atom. The molecule has 1 saturated carbocycles. The van der Waals surface area contributed by atoms with E-state index in [1.165, 1.54) is 37.8 Å². The lowest BCUT2D eigenvalue weighted by Crippen LogP contribution is -2.45. The molecule has 6 nitrogen and oxygen atoms in total. The van der Waals surface area contributed by atoms with Crippen LogP contribution in [0, 0.1) is 5.92 Å². The zero-order chi connectivity index (χ0) is 16.9. The lowest BCUT2D eigenvalue weighted by atomic mass is 9.84. The molecule has 2 rings (SSSR count). The standard InChI is InChI=1S/C16H24N2O4S/c1-22-16(19)13-7-9-14(10-8-13)23(20,21)18-15(11-17)12-5-3-2-4-6-12/h7-10,12,15,18H,2-6,11,17H2,1H3. The van der Waals surface area contributed by atoms with Gasteiger partial charge in [-0.25, -0.2) is 17.9 Å². The summed E-state index contributed by atoms with van der Waals surface area (Å²) in [7, 11) is -2.37. The molecule has 1 aromatic carbocycles. The largest absolute Gasteiger partial charge is 0.465 e. The Morgan fingerprint density at radius 1 is 1.26 bits per heavy atom. The van der Waals surface area contributed by atoms with E-state index in [4.69, 9.17) is 5.73 Å². The smallest absolute Gasteiger partial charge is 0.337 e. The fourth-order valence-corrected chi connectivity index (χ4v) is 4.35. The first-order valence-corrected chi connectivity index (χ1v) is 9.37. The summed E-state index contributed by atoms with van der Waals surface area (Å²) in [6, 6.07) is 5.45. The van der Waals surface area contributed by atoms with Gasteiger partial charge in [0.1, 0.15) is 0 Å². The van der Waals surface area contributed by atoms with E-state index in [-0.39, 0.29) is 23.4 Å². The number of benzene rings is 1. The van der Waals surface area contributed by atoms with E-state index in [2.05, 4.69) is 9.46 Å². The fraction of sp³-hybridized carbons (Fsp3) is 0.562. The van der Waals surface area contributed by atoms with Crippen LogP contribution in [0.5, 0.6) is 0 Å². The predicted molar refractivity (Wildman–Crippen MR) is 87.5 cm³/mol. The third-order valence-electron chi connectivity index (χ3n) is 4.37. The molecule has 3 N–H and O–H groups in total. The number of nitrogens with one attached hydrogen (secondary N) is 1. The molecule has 0 aromatic heterocycles. The van der Waals surface area contributed by atoms with E-state index in [0.717, 1.165) is 25.7 Å². The van der Waals surface area contributed by atoms with Gasteiger partial charge < -0.3 is 10.5 Å². The average Bonchev–Trinajstić information content (AvgIpc) is 2.60. The van der Waals surface area contributed by atoms with E-state index in [1.807, 2.05) is 0 Å². The summed E-state index contributed by atoms with van der Waals surface area (Å²) in [6.45, 7) is 0.282. The van der Waals surface area contributed by atoms with Gasteiger partial charge in [-0.15, -0.1) is 0 Å². The van der Waals surface area contributed by atoms with Crippen LogP contribution in [0.4, 0.5) is 0 Å². The van der Waals surface area contributed by atoms with E-state index < -0.39 is 16.0 Å². The van der Waals surface area contributed by atoms with Crippen LogP contribution in [0.25, 0.3) is 0 Å². The van der Waals surface area contributed by atoms with Crippen molar-refractivity contribution < 1.29 is 17.9 Å². The van der Waals surface area contributed by atoms with Gasteiger partial charge >= 0.3 is 5.97 Å². The number of sulfonamides is 1. The van der Waals surface area contributed by atoms with Crippen LogP contribution in [0.1, 0.15) is 42.5 Å². The number of esters is 1. The quantitative estimate of drug-likeness (QED) is 0.767. The normalized spacial score (nSPS) is 17.7. The molecule has 23 heavy (non-hydrogen) atoms. The third-order valence-corrected chi connectivity index (χ3v) is 5.87. The monoisotopic (exact) mass is 340 g/mol. The van der Waals surface area contributed by atoms with Crippen molar-refractivity contribution >= 4 is 16.0 Å². The van der Waals surface area contributed by atoms with Gasteiger partial charge in [0.2, 0.25) is 10.0 Å². The molecule has 1 aromatic rings. The van der Waals surface area contributed by atoms with Gasteiger partial charge in [0.05, 0.1) is 17.6 Å². The molecule has 0 aliphatic heterocycles. The van der Waals surface area contributed by atoms with Gasteiger partial charge in [0.15, 0.2) is 0 Å². The van der Waals surface area contributed by atoms with Gasteiger partial charge in [-0.2, -0.15) is 0 Å². The number of hydrogen-bond donors (Lipinski definition) is 2. The Morgan fingerprint density at radius 2 is 1.87 bits per heavy atom. The molecule has 0 radical (unpaired) electrons. The topological polar surface area (TPSA) is 98.5 Å². The van der Waals surface area contributed by atoms with Gasteiger partial charge in [0, 0.05) is 12.6 Å². The molecule has 1 fully saturated rings. The number of nitrogens with two attached hydrogens (primary N) is 1. The number of methoxy groups -OCH3 is 1. The highest BCUT2D eigenvalue weighted by Crippen LogP contribution is 2.27. The zero-order valence-electron chi connectivity index (χ0n) is 13.3. The fourth-order valence-electron chi connectivity index (χ4n) is 3.03. The highest BCUT2D eigenvalue weighted by molar-refractivity contribution is 7.89. The van der Waals surface area contributed by atoms with Crippen LogP contribution in [-0.2, 0) is 14.8 Å². The maximum Gasteiger partial charge on any atom is 0.337 e. The summed E-state index contributed by atoms with van der Waals surface area (Å²) in [5.41, 5.74) is 6.10. The molecule has 1 aliphatic carbocycles. The van der Waals surface area contributed by atoms with Crippen molar-refractivity contribution in [2.45, 2.75) is 43.0 Å². The second kappa shape index (κ2) is 7.90. The first-order chi connectivity index (χ1) is 11.0. The van der Waals surface area contributed by atoms with Gasteiger partial charge in [-0.1, -0.05) is 19.3 Å². The van der Waals surface area contributed by atoms with Crippen molar-refractivity contribution in [3.8, 4) is 0 Å². The Balaban J connectivity index is 2.11. The second-order valence-electron chi connectivity index (χ2n) is 5.88. The first kappa shape index (κ1) is 17.9. The number of carbonyl (C=O) groups is 1. The average molecular weight is 340 g/mol. The summed E-state index contributed by atoms with van der Waals surface area (Å²) in [6.07, 6.45) is 5.46. The van der Waals surface area contributed by atoms with E-state index in [0.29, 0.717) is 5.56 Å². The van der Waals surface area contributed by atoms with Crippen LogP contribution in [0.2, 0.25) is 0 Å². The maximum absolute atomic E-state index is 12.5. The highest BCUT2D eigenvalue weighted by Gasteiger charge is 2.27. The zero-order valence-corrected chi connectivity index (χ0v) is 14.1. The molecule has 1 atom stereocenters. The molecule has 7 heteroatoms.